The third-order valence-electron chi connectivity index (χ3n) is 2.97. The standard InChI is InChI=1S/C15H12FN5O2S2/c16-9-3-1-8(2-4-9)10-6-24-14(18-10)21-13(23)7-25-15-19-11(17)5-12(22)20-15/h1-6H,7H2,(H,18,21,23)(H3,17,19,20,22). The Balaban J connectivity index is 1.60. The molecule has 128 valence electrons. The quantitative estimate of drug-likeness (QED) is 0.465. The lowest BCUT2D eigenvalue weighted by Gasteiger charge is -2.02. The van der Waals surface area contributed by atoms with Gasteiger partial charge in [0, 0.05) is 17.0 Å². The molecule has 2 heterocycles. The van der Waals surface area contributed by atoms with Crippen LogP contribution < -0.4 is 16.6 Å². The minimum atomic E-state index is -0.376. The van der Waals surface area contributed by atoms with E-state index in [4.69, 9.17) is 5.73 Å². The second kappa shape index (κ2) is 7.45. The van der Waals surface area contributed by atoms with E-state index >= 15 is 0 Å². The summed E-state index contributed by atoms with van der Waals surface area (Å²) in [6.07, 6.45) is 0. The van der Waals surface area contributed by atoms with Crippen LogP contribution in [0.4, 0.5) is 15.3 Å². The summed E-state index contributed by atoms with van der Waals surface area (Å²) >= 11 is 2.32. The molecule has 3 rings (SSSR count). The molecule has 4 N–H and O–H groups in total. The highest BCUT2D eigenvalue weighted by atomic mass is 32.2. The molecule has 3 aromatic rings. The Kier molecular flexibility index (Phi) is 5.10. The van der Waals surface area contributed by atoms with Crippen molar-refractivity contribution in [1.82, 2.24) is 15.0 Å². The lowest BCUT2D eigenvalue weighted by molar-refractivity contribution is -0.113. The van der Waals surface area contributed by atoms with E-state index in [0.29, 0.717) is 10.8 Å². The molecule has 1 amide bonds. The number of nitrogen functional groups attached to an aromatic ring is 1. The average Bonchev–Trinajstić information content (AvgIpc) is 3.01. The number of thiazole rings is 1. The minimum absolute atomic E-state index is 0.0395. The molecule has 0 aliphatic carbocycles. The number of rotatable bonds is 5. The number of benzene rings is 1. The van der Waals surface area contributed by atoms with E-state index in [1.807, 2.05) is 0 Å². The van der Waals surface area contributed by atoms with Crippen molar-refractivity contribution >= 4 is 40.0 Å². The van der Waals surface area contributed by atoms with Crippen LogP contribution >= 0.6 is 23.1 Å². The first-order valence-corrected chi connectivity index (χ1v) is 8.87. The fourth-order valence-electron chi connectivity index (χ4n) is 1.90. The Labute approximate surface area is 149 Å². The van der Waals surface area contributed by atoms with Gasteiger partial charge in [-0.2, -0.15) is 0 Å². The molecule has 25 heavy (non-hydrogen) atoms. The lowest BCUT2D eigenvalue weighted by atomic mass is 10.2. The zero-order chi connectivity index (χ0) is 17.8. The van der Waals surface area contributed by atoms with E-state index < -0.39 is 0 Å². The van der Waals surface area contributed by atoms with Gasteiger partial charge in [0.05, 0.1) is 11.4 Å². The van der Waals surface area contributed by atoms with Crippen LogP contribution in [0.25, 0.3) is 11.3 Å². The summed E-state index contributed by atoms with van der Waals surface area (Å²) in [6.45, 7) is 0. The number of nitrogens with one attached hydrogen (secondary N) is 2. The molecule has 0 saturated heterocycles. The van der Waals surface area contributed by atoms with Crippen LogP contribution in [0.1, 0.15) is 0 Å². The first kappa shape index (κ1) is 17.1. The van der Waals surface area contributed by atoms with E-state index in [9.17, 15) is 14.0 Å². The zero-order valence-electron chi connectivity index (χ0n) is 12.7. The second-order valence-electron chi connectivity index (χ2n) is 4.86. The number of anilines is 2. The number of aromatic amines is 1. The maximum absolute atomic E-state index is 12.9. The summed E-state index contributed by atoms with van der Waals surface area (Å²) in [7, 11) is 0. The Morgan fingerprint density at radius 1 is 1.32 bits per heavy atom. The predicted molar refractivity (Wildman–Crippen MR) is 96.1 cm³/mol. The fraction of sp³-hybridized carbons (Fsp3) is 0.0667. The van der Waals surface area contributed by atoms with Crippen LogP contribution in [-0.4, -0.2) is 26.6 Å². The number of carbonyl (C=O) groups is 1. The number of nitrogens with two attached hydrogens (primary N) is 1. The van der Waals surface area contributed by atoms with Crippen molar-refractivity contribution in [3.05, 3.63) is 51.9 Å². The van der Waals surface area contributed by atoms with Crippen LogP contribution in [0.3, 0.4) is 0 Å². The predicted octanol–water partition coefficient (Wildman–Crippen LogP) is 2.35. The molecule has 0 aliphatic rings. The molecule has 0 radical (unpaired) electrons. The molecule has 0 aliphatic heterocycles. The number of aromatic nitrogens is 3. The van der Waals surface area contributed by atoms with Crippen molar-refractivity contribution in [3.8, 4) is 11.3 Å². The van der Waals surface area contributed by atoms with E-state index in [2.05, 4.69) is 20.3 Å². The highest BCUT2D eigenvalue weighted by Crippen LogP contribution is 2.25. The highest BCUT2D eigenvalue weighted by Gasteiger charge is 2.10. The van der Waals surface area contributed by atoms with Gasteiger partial charge in [-0.25, -0.2) is 14.4 Å². The van der Waals surface area contributed by atoms with Gasteiger partial charge in [0.1, 0.15) is 11.6 Å². The Morgan fingerprint density at radius 2 is 2.08 bits per heavy atom. The third-order valence-corrected chi connectivity index (χ3v) is 4.60. The summed E-state index contributed by atoms with van der Waals surface area (Å²) in [5, 5.41) is 5.14. The molecular formula is C15H12FN5O2S2. The maximum atomic E-state index is 12.9. The molecule has 0 atom stereocenters. The van der Waals surface area contributed by atoms with E-state index in [-0.39, 0.29) is 34.0 Å². The summed E-state index contributed by atoms with van der Waals surface area (Å²) < 4.78 is 12.9. The topological polar surface area (TPSA) is 114 Å². The summed E-state index contributed by atoms with van der Waals surface area (Å²) in [5.74, 6) is -0.485. The third kappa shape index (κ3) is 4.64. The van der Waals surface area contributed by atoms with E-state index in [1.165, 1.54) is 23.5 Å². The Hall–Kier alpha value is -2.72. The van der Waals surface area contributed by atoms with Crippen LogP contribution in [-0.2, 0) is 4.79 Å². The molecule has 7 nitrogen and oxygen atoms in total. The molecule has 0 spiro atoms. The Morgan fingerprint density at radius 3 is 2.80 bits per heavy atom. The number of H-pyrrole nitrogens is 1. The van der Waals surface area contributed by atoms with Gasteiger partial charge in [-0.1, -0.05) is 11.8 Å². The SMILES string of the molecule is Nc1cc(=O)[nH]c(SCC(=O)Nc2nc(-c3ccc(F)cc3)cs2)n1. The number of halogens is 1. The van der Waals surface area contributed by atoms with Gasteiger partial charge < -0.3 is 16.0 Å². The van der Waals surface area contributed by atoms with Crippen molar-refractivity contribution in [1.29, 1.82) is 0 Å². The maximum Gasteiger partial charge on any atom is 0.253 e. The molecular weight excluding hydrogens is 365 g/mol. The summed E-state index contributed by atoms with van der Waals surface area (Å²) in [4.78, 5) is 34.0. The van der Waals surface area contributed by atoms with Crippen LogP contribution in [0.2, 0.25) is 0 Å². The number of hydrogen-bond acceptors (Lipinski definition) is 7. The van der Waals surface area contributed by atoms with Gasteiger partial charge in [0.15, 0.2) is 10.3 Å². The van der Waals surface area contributed by atoms with Crippen LogP contribution in [0.5, 0.6) is 0 Å². The number of nitrogens with zero attached hydrogens (tertiary/aromatic N) is 2. The number of thioether (sulfide) groups is 1. The summed E-state index contributed by atoms with van der Waals surface area (Å²) in [6, 6.07) is 7.10. The lowest BCUT2D eigenvalue weighted by Crippen LogP contribution is -2.15. The fourth-order valence-corrected chi connectivity index (χ4v) is 3.31. The van der Waals surface area contributed by atoms with Crippen LogP contribution in [0.15, 0.2) is 45.7 Å². The van der Waals surface area contributed by atoms with Gasteiger partial charge in [0.25, 0.3) is 5.56 Å². The van der Waals surface area contributed by atoms with Gasteiger partial charge in [-0.15, -0.1) is 11.3 Å². The largest absolute Gasteiger partial charge is 0.383 e. The van der Waals surface area contributed by atoms with Crippen molar-refractivity contribution in [2.45, 2.75) is 5.16 Å². The molecule has 2 aromatic heterocycles. The number of hydrogen-bond donors (Lipinski definition) is 3. The molecule has 0 saturated carbocycles. The van der Waals surface area contributed by atoms with E-state index in [0.717, 1.165) is 23.4 Å². The van der Waals surface area contributed by atoms with Crippen LogP contribution in [0, 0.1) is 5.82 Å². The Bertz CT molecular complexity index is 955. The van der Waals surface area contributed by atoms with Crippen molar-refractivity contribution in [3.63, 3.8) is 0 Å². The van der Waals surface area contributed by atoms with Gasteiger partial charge in [-0.05, 0) is 24.3 Å². The smallest absolute Gasteiger partial charge is 0.253 e. The molecule has 10 heteroatoms. The first-order chi connectivity index (χ1) is 12.0. The first-order valence-electron chi connectivity index (χ1n) is 7.00. The number of amides is 1. The van der Waals surface area contributed by atoms with Crippen molar-refractivity contribution in [2.75, 3.05) is 16.8 Å². The molecule has 0 bridgehead atoms. The second-order valence-corrected chi connectivity index (χ2v) is 6.68. The average molecular weight is 377 g/mol. The molecule has 1 aromatic carbocycles. The monoisotopic (exact) mass is 377 g/mol. The minimum Gasteiger partial charge on any atom is -0.383 e. The molecule has 0 fully saturated rings. The molecule has 0 unspecified atom stereocenters. The number of carbonyl (C=O) groups excluding carboxylic acids is 1. The van der Waals surface area contributed by atoms with E-state index in [1.54, 1.807) is 17.5 Å². The normalized spacial score (nSPS) is 10.6. The van der Waals surface area contributed by atoms with Crippen molar-refractivity contribution in [2.24, 2.45) is 0 Å². The van der Waals surface area contributed by atoms with Crippen molar-refractivity contribution < 1.29 is 9.18 Å². The summed E-state index contributed by atoms with van der Waals surface area (Å²) in [5.41, 5.74) is 6.51. The highest BCUT2D eigenvalue weighted by molar-refractivity contribution is 7.99. The van der Waals surface area contributed by atoms with Gasteiger partial charge >= 0.3 is 0 Å². The van der Waals surface area contributed by atoms with Gasteiger partial charge in [-0.3, -0.25) is 9.59 Å². The zero-order valence-corrected chi connectivity index (χ0v) is 14.3. The van der Waals surface area contributed by atoms with Gasteiger partial charge in [0.2, 0.25) is 5.91 Å².